The van der Waals surface area contributed by atoms with Gasteiger partial charge in [-0.3, -0.25) is 0 Å². The molecule has 0 atom stereocenters. The Hall–Kier alpha value is -1.30. The van der Waals surface area contributed by atoms with E-state index in [0.717, 1.165) is 6.42 Å². The molecule has 0 heteroatoms. The van der Waals surface area contributed by atoms with Crippen molar-refractivity contribution in [2.24, 2.45) is 5.92 Å². The van der Waals surface area contributed by atoms with E-state index in [9.17, 15) is 0 Å². The number of allylic oxidation sites excluding steroid dienone is 3. The highest BCUT2D eigenvalue weighted by Crippen LogP contribution is 2.37. The van der Waals surface area contributed by atoms with Gasteiger partial charge in [-0.25, -0.2) is 0 Å². The second-order valence-electron chi connectivity index (χ2n) is 5.72. The lowest BCUT2D eigenvalue weighted by atomic mass is 9.82. The number of hydrogen-bond acceptors (Lipinski definition) is 0. The van der Waals surface area contributed by atoms with E-state index >= 15 is 0 Å². The molecule has 0 saturated heterocycles. The van der Waals surface area contributed by atoms with Gasteiger partial charge in [0, 0.05) is 0 Å². The molecule has 0 spiro atoms. The summed E-state index contributed by atoms with van der Waals surface area (Å²) in [5.74, 6) is 0.588. The summed E-state index contributed by atoms with van der Waals surface area (Å²) in [4.78, 5) is 0. The Balaban J connectivity index is 2.17. The van der Waals surface area contributed by atoms with Gasteiger partial charge < -0.3 is 0 Å². The van der Waals surface area contributed by atoms with Crippen molar-refractivity contribution in [2.45, 2.75) is 39.5 Å². The van der Waals surface area contributed by atoms with Crippen molar-refractivity contribution in [1.82, 2.24) is 0 Å². The van der Waals surface area contributed by atoms with Gasteiger partial charge in [0.25, 0.3) is 0 Å². The van der Waals surface area contributed by atoms with Crippen LogP contribution in [0.15, 0.2) is 30.4 Å². The van der Waals surface area contributed by atoms with Crippen LogP contribution in [0.1, 0.15) is 42.5 Å². The Bertz CT molecular complexity index is 515. The summed E-state index contributed by atoms with van der Waals surface area (Å²) >= 11 is 0. The molecule has 0 aliphatic heterocycles. The zero-order valence-corrected chi connectivity index (χ0v) is 10.8. The minimum atomic E-state index is 0.588. The number of hydrogen-bond donors (Lipinski definition) is 0. The first kappa shape index (κ1) is 10.8. The molecule has 0 radical (unpaired) electrons. The van der Waals surface area contributed by atoms with Gasteiger partial charge in [0.1, 0.15) is 0 Å². The molecule has 2 aliphatic carbocycles. The molecule has 1 aromatic carbocycles. The molecule has 0 saturated carbocycles. The standard InChI is InChI=1S/C17H20/c1-11(2)16-8-12(3)7-15-9-13-5-4-6-14(13)10-17(15)16/h8-11H,3-7H2,1-2H3. The molecule has 0 nitrogen and oxygen atoms in total. The number of aryl methyl sites for hydroxylation is 2. The molecule has 1 aromatic rings. The average molecular weight is 224 g/mol. The first-order chi connectivity index (χ1) is 8.15. The molecule has 0 aromatic heterocycles. The van der Waals surface area contributed by atoms with Crippen molar-refractivity contribution < 1.29 is 0 Å². The molecule has 0 N–H and O–H groups in total. The van der Waals surface area contributed by atoms with Gasteiger partial charge in [-0.05, 0) is 59.4 Å². The quantitative estimate of drug-likeness (QED) is 0.666. The van der Waals surface area contributed by atoms with E-state index in [1.807, 2.05) is 0 Å². The van der Waals surface area contributed by atoms with Crippen LogP contribution in [-0.4, -0.2) is 0 Å². The number of benzene rings is 1. The van der Waals surface area contributed by atoms with Crippen molar-refractivity contribution >= 4 is 5.57 Å². The zero-order chi connectivity index (χ0) is 12.0. The topological polar surface area (TPSA) is 0 Å². The second kappa shape index (κ2) is 3.87. The minimum absolute atomic E-state index is 0.588. The molecule has 0 heterocycles. The van der Waals surface area contributed by atoms with Gasteiger partial charge in [-0.15, -0.1) is 0 Å². The molecule has 17 heavy (non-hydrogen) atoms. The number of fused-ring (bicyclic) bond motifs is 2. The summed E-state index contributed by atoms with van der Waals surface area (Å²) in [6.45, 7) is 8.72. The highest BCUT2D eigenvalue weighted by molar-refractivity contribution is 5.76. The van der Waals surface area contributed by atoms with Gasteiger partial charge in [-0.1, -0.05) is 44.2 Å². The van der Waals surface area contributed by atoms with Crippen molar-refractivity contribution in [3.8, 4) is 0 Å². The van der Waals surface area contributed by atoms with Crippen molar-refractivity contribution in [2.75, 3.05) is 0 Å². The highest BCUT2D eigenvalue weighted by atomic mass is 14.3. The summed E-state index contributed by atoms with van der Waals surface area (Å²) in [6.07, 6.45) is 7.22. The van der Waals surface area contributed by atoms with E-state index in [4.69, 9.17) is 0 Å². The van der Waals surface area contributed by atoms with Gasteiger partial charge in [0.2, 0.25) is 0 Å². The van der Waals surface area contributed by atoms with Crippen LogP contribution < -0.4 is 0 Å². The molecular formula is C17H20. The fourth-order valence-electron chi connectivity index (χ4n) is 3.16. The monoisotopic (exact) mass is 224 g/mol. The summed E-state index contributed by atoms with van der Waals surface area (Å²) in [6, 6.07) is 4.90. The van der Waals surface area contributed by atoms with Crippen LogP contribution in [0, 0.1) is 5.92 Å². The fraction of sp³-hybridized carbons (Fsp3) is 0.412. The van der Waals surface area contributed by atoms with Crippen LogP contribution in [0.25, 0.3) is 5.57 Å². The van der Waals surface area contributed by atoms with E-state index in [-0.39, 0.29) is 0 Å². The maximum Gasteiger partial charge on any atom is -0.00254 e. The Morgan fingerprint density at radius 2 is 1.76 bits per heavy atom. The van der Waals surface area contributed by atoms with Crippen LogP contribution in [0.4, 0.5) is 0 Å². The lowest BCUT2D eigenvalue weighted by Crippen LogP contribution is -2.07. The van der Waals surface area contributed by atoms with Crippen LogP contribution in [-0.2, 0) is 19.3 Å². The van der Waals surface area contributed by atoms with Crippen molar-refractivity contribution in [3.05, 3.63) is 52.6 Å². The second-order valence-corrected chi connectivity index (χ2v) is 5.72. The summed E-state index contributed by atoms with van der Waals surface area (Å²) in [5, 5.41) is 0. The Labute approximate surface area is 104 Å². The third-order valence-electron chi connectivity index (χ3n) is 4.03. The van der Waals surface area contributed by atoms with Gasteiger partial charge in [-0.2, -0.15) is 0 Å². The normalized spacial score (nSPS) is 18.1. The summed E-state index contributed by atoms with van der Waals surface area (Å²) in [5.41, 5.74) is 8.91. The van der Waals surface area contributed by atoms with E-state index in [1.165, 1.54) is 41.5 Å². The van der Waals surface area contributed by atoms with Crippen LogP contribution in [0.3, 0.4) is 0 Å². The molecule has 0 amide bonds. The number of rotatable bonds is 1. The van der Waals surface area contributed by atoms with Gasteiger partial charge in [0.15, 0.2) is 0 Å². The Morgan fingerprint density at radius 1 is 1.06 bits per heavy atom. The molecule has 0 fully saturated rings. The highest BCUT2D eigenvalue weighted by Gasteiger charge is 2.21. The molecule has 88 valence electrons. The van der Waals surface area contributed by atoms with Gasteiger partial charge >= 0.3 is 0 Å². The summed E-state index contributed by atoms with van der Waals surface area (Å²) in [7, 11) is 0. The van der Waals surface area contributed by atoms with Crippen molar-refractivity contribution in [1.29, 1.82) is 0 Å². The maximum atomic E-state index is 4.16. The molecule has 2 aliphatic rings. The SMILES string of the molecule is C=C1C=C(C(C)C)c2cc3c(cc2C1)CCC3. The van der Waals surface area contributed by atoms with E-state index in [1.54, 1.807) is 11.1 Å². The molecular weight excluding hydrogens is 204 g/mol. The van der Waals surface area contributed by atoms with E-state index < -0.39 is 0 Å². The third kappa shape index (κ3) is 1.76. The smallest absolute Gasteiger partial charge is 0.00254 e. The van der Waals surface area contributed by atoms with Crippen LogP contribution in [0.2, 0.25) is 0 Å². The predicted octanol–water partition coefficient (Wildman–Crippen LogP) is 4.33. The minimum Gasteiger partial charge on any atom is -0.0955 e. The summed E-state index contributed by atoms with van der Waals surface area (Å²) < 4.78 is 0. The first-order valence-corrected chi connectivity index (χ1v) is 6.69. The zero-order valence-electron chi connectivity index (χ0n) is 10.8. The van der Waals surface area contributed by atoms with Gasteiger partial charge in [0.05, 0.1) is 0 Å². The molecule has 3 rings (SSSR count). The Morgan fingerprint density at radius 3 is 2.47 bits per heavy atom. The van der Waals surface area contributed by atoms with Crippen molar-refractivity contribution in [3.63, 3.8) is 0 Å². The molecule has 0 unspecified atom stereocenters. The Kier molecular flexibility index (Phi) is 2.47. The van der Waals surface area contributed by atoms with Crippen LogP contribution >= 0.6 is 0 Å². The maximum absolute atomic E-state index is 4.16. The lowest BCUT2D eigenvalue weighted by Gasteiger charge is -2.23. The van der Waals surface area contributed by atoms with E-state index in [2.05, 4.69) is 38.6 Å². The average Bonchev–Trinajstić information content (AvgIpc) is 2.71. The predicted molar refractivity (Wildman–Crippen MR) is 74.1 cm³/mol. The molecule has 0 bridgehead atoms. The first-order valence-electron chi connectivity index (χ1n) is 6.69. The van der Waals surface area contributed by atoms with E-state index in [0.29, 0.717) is 5.92 Å². The third-order valence-corrected chi connectivity index (χ3v) is 4.03. The largest absolute Gasteiger partial charge is 0.0955 e. The lowest BCUT2D eigenvalue weighted by molar-refractivity contribution is 0.846. The van der Waals surface area contributed by atoms with Crippen LogP contribution in [0.5, 0.6) is 0 Å². The fourth-order valence-corrected chi connectivity index (χ4v) is 3.16.